The highest BCUT2D eigenvalue weighted by molar-refractivity contribution is 5.77. The fourth-order valence-electron chi connectivity index (χ4n) is 1.94. The molecule has 0 aromatic carbocycles. The largest absolute Gasteiger partial charge is 0.412 e. The van der Waals surface area contributed by atoms with Crippen LogP contribution in [-0.4, -0.2) is 18.4 Å². The topological polar surface area (TPSA) is 17.1 Å². The first-order valence-electron chi connectivity index (χ1n) is 6.34. The maximum Gasteiger partial charge on any atom is 0.412 e. The maximum absolute atomic E-state index is 12.6. The molecule has 0 fully saturated rings. The Morgan fingerprint density at radius 1 is 0.800 bits per heavy atom. The lowest BCUT2D eigenvalue weighted by Crippen LogP contribution is -2.54. The van der Waals surface area contributed by atoms with E-state index in [9.17, 15) is 35.5 Å². The van der Waals surface area contributed by atoms with Crippen molar-refractivity contribution >= 4 is 6.04 Å². The summed E-state index contributed by atoms with van der Waals surface area (Å²) in [5.41, 5.74) is -4.88. The molecule has 0 N–H and O–H groups in total. The van der Waals surface area contributed by atoms with Gasteiger partial charge >= 0.3 is 18.4 Å². The van der Waals surface area contributed by atoms with E-state index in [1.807, 2.05) is 6.92 Å². The van der Waals surface area contributed by atoms with E-state index in [1.54, 1.807) is 0 Å². The van der Waals surface area contributed by atoms with Crippen LogP contribution in [0.3, 0.4) is 0 Å². The molecule has 0 radical (unpaired) electrons. The number of carbonyl (C=O) groups excluding carboxylic acids is 1. The van der Waals surface area contributed by atoms with Crippen molar-refractivity contribution in [2.45, 2.75) is 64.2 Å². The highest BCUT2D eigenvalue weighted by Gasteiger charge is 2.75. The van der Waals surface area contributed by atoms with Crippen LogP contribution in [0.5, 0.6) is 0 Å². The molecule has 0 aromatic heterocycles. The standard InChI is InChI=1S/C12H17F7O/c1-2-3-4-5-6-7-8-10(9(13)20,11(14,15)16)12(17,18)19/h2-8H2,1H3. The van der Waals surface area contributed by atoms with Gasteiger partial charge in [0.2, 0.25) is 0 Å². The van der Waals surface area contributed by atoms with Crippen molar-refractivity contribution in [2.24, 2.45) is 5.41 Å². The van der Waals surface area contributed by atoms with E-state index in [0.717, 1.165) is 12.8 Å². The van der Waals surface area contributed by atoms with E-state index < -0.39 is 36.6 Å². The van der Waals surface area contributed by atoms with Gasteiger partial charge < -0.3 is 0 Å². The third-order valence-corrected chi connectivity index (χ3v) is 3.21. The second-order valence-electron chi connectivity index (χ2n) is 4.69. The lowest BCUT2D eigenvalue weighted by molar-refractivity contribution is -0.330. The van der Waals surface area contributed by atoms with Crippen LogP contribution in [0.4, 0.5) is 30.7 Å². The van der Waals surface area contributed by atoms with Gasteiger partial charge in [0.15, 0.2) is 0 Å². The van der Waals surface area contributed by atoms with Crippen molar-refractivity contribution in [1.29, 1.82) is 0 Å². The first kappa shape index (κ1) is 19.2. The Morgan fingerprint density at radius 2 is 1.20 bits per heavy atom. The molecule has 0 atom stereocenters. The number of unbranched alkanes of at least 4 members (excludes halogenated alkanes) is 5. The van der Waals surface area contributed by atoms with E-state index >= 15 is 0 Å². The molecule has 1 nitrogen and oxygen atoms in total. The number of alkyl halides is 6. The monoisotopic (exact) mass is 310 g/mol. The van der Waals surface area contributed by atoms with Crippen molar-refractivity contribution in [2.75, 3.05) is 0 Å². The summed E-state index contributed by atoms with van der Waals surface area (Å²) in [6, 6.07) is -3.38. The van der Waals surface area contributed by atoms with Gasteiger partial charge in [-0.1, -0.05) is 45.4 Å². The molecule has 0 saturated heterocycles. The molecule has 120 valence electrons. The van der Waals surface area contributed by atoms with E-state index in [4.69, 9.17) is 0 Å². The van der Waals surface area contributed by atoms with Crippen LogP contribution in [0, 0.1) is 5.41 Å². The van der Waals surface area contributed by atoms with Gasteiger partial charge in [0.1, 0.15) is 0 Å². The second-order valence-corrected chi connectivity index (χ2v) is 4.69. The van der Waals surface area contributed by atoms with Crippen LogP contribution >= 0.6 is 0 Å². The predicted molar refractivity (Wildman–Crippen MR) is 58.7 cm³/mol. The fraction of sp³-hybridized carbons (Fsp3) is 0.917. The molecule has 0 rings (SSSR count). The van der Waals surface area contributed by atoms with Crippen LogP contribution in [0.1, 0.15) is 51.9 Å². The highest BCUT2D eigenvalue weighted by Crippen LogP contribution is 2.54. The lowest BCUT2D eigenvalue weighted by atomic mass is 9.81. The normalized spacial score (nSPS) is 13.6. The Balaban J connectivity index is 4.85. The van der Waals surface area contributed by atoms with Crippen LogP contribution in [0.15, 0.2) is 0 Å². The summed E-state index contributed by atoms with van der Waals surface area (Å²) in [6.07, 6.45) is -11.1. The summed E-state index contributed by atoms with van der Waals surface area (Å²) in [5.74, 6) is 0. The summed E-state index contributed by atoms with van der Waals surface area (Å²) in [7, 11) is 0. The maximum atomic E-state index is 12.6. The zero-order valence-corrected chi connectivity index (χ0v) is 11.0. The molecule has 0 aliphatic carbocycles. The summed E-state index contributed by atoms with van der Waals surface area (Å²) in [4.78, 5) is 10.4. The van der Waals surface area contributed by atoms with Crippen molar-refractivity contribution in [3.8, 4) is 0 Å². The Labute approximate surface area is 112 Å². The number of hydrogen-bond acceptors (Lipinski definition) is 1. The summed E-state index contributed by atoms with van der Waals surface area (Å²) in [5, 5.41) is 0. The molecule has 0 saturated carbocycles. The zero-order valence-electron chi connectivity index (χ0n) is 11.0. The van der Waals surface area contributed by atoms with Crippen molar-refractivity contribution in [3.05, 3.63) is 0 Å². The predicted octanol–water partition coefficient (Wildman–Crippen LogP) is 5.34. The second kappa shape index (κ2) is 7.26. The van der Waals surface area contributed by atoms with Gasteiger partial charge in [0, 0.05) is 0 Å². The van der Waals surface area contributed by atoms with Gasteiger partial charge in [-0.25, -0.2) is 0 Å². The van der Waals surface area contributed by atoms with Gasteiger partial charge in [-0.3, -0.25) is 4.79 Å². The molecule has 0 amide bonds. The quantitative estimate of drug-likeness (QED) is 0.336. The average molecular weight is 310 g/mol. The molecule has 0 bridgehead atoms. The smallest absolute Gasteiger partial charge is 0.260 e. The average Bonchev–Trinajstić information content (AvgIpc) is 2.23. The van der Waals surface area contributed by atoms with Gasteiger partial charge in [-0.15, -0.1) is 0 Å². The van der Waals surface area contributed by atoms with Crippen LogP contribution < -0.4 is 0 Å². The van der Waals surface area contributed by atoms with Crippen LogP contribution in [-0.2, 0) is 4.79 Å². The van der Waals surface area contributed by atoms with E-state index in [1.165, 1.54) is 0 Å². The molecular weight excluding hydrogens is 293 g/mol. The molecule has 0 unspecified atom stereocenters. The van der Waals surface area contributed by atoms with Crippen LogP contribution in [0.2, 0.25) is 0 Å². The number of rotatable bonds is 8. The van der Waals surface area contributed by atoms with Crippen molar-refractivity contribution < 1.29 is 35.5 Å². The molecule has 0 aliphatic rings. The van der Waals surface area contributed by atoms with E-state index in [-0.39, 0.29) is 6.42 Å². The Kier molecular flexibility index (Phi) is 6.97. The minimum Gasteiger partial charge on any atom is -0.260 e. The van der Waals surface area contributed by atoms with Gasteiger partial charge in [-0.2, -0.15) is 30.7 Å². The third kappa shape index (κ3) is 4.34. The van der Waals surface area contributed by atoms with Crippen molar-refractivity contribution in [1.82, 2.24) is 0 Å². The molecule has 20 heavy (non-hydrogen) atoms. The van der Waals surface area contributed by atoms with Crippen LogP contribution in [0.25, 0.3) is 0 Å². The molecule has 8 heteroatoms. The summed E-state index contributed by atoms with van der Waals surface area (Å²) < 4.78 is 88.0. The number of halogens is 7. The minimum absolute atomic E-state index is 0.0984. The molecule has 0 heterocycles. The lowest BCUT2D eigenvalue weighted by Gasteiger charge is -2.33. The third-order valence-electron chi connectivity index (χ3n) is 3.21. The molecule has 0 aromatic rings. The van der Waals surface area contributed by atoms with Crippen molar-refractivity contribution in [3.63, 3.8) is 0 Å². The number of hydrogen-bond donors (Lipinski definition) is 0. The highest BCUT2D eigenvalue weighted by atomic mass is 19.4. The SMILES string of the molecule is CCCCCCCCC(C(=O)F)(C(F)(F)F)C(F)(F)F. The van der Waals surface area contributed by atoms with Gasteiger partial charge in [0.05, 0.1) is 0 Å². The first-order valence-corrected chi connectivity index (χ1v) is 6.34. The van der Waals surface area contributed by atoms with E-state index in [2.05, 4.69) is 0 Å². The van der Waals surface area contributed by atoms with E-state index in [0.29, 0.717) is 12.8 Å². The zero-order chi connectivity index (χ0) is 16.0. The summed E-state index contributed by atoms with van der Waals surface area (Å²) in [6.45, 7) is 1.90. The Morgan fingerprint density at radius 3 is 1.55 bits per heavy atom. The fourth-order valence-corrected chi connectivity index (χ4v) is 1.94. The molecular formula is C12H17F7O. The first-order chi connectivity index (χ1) is 9.00. The Bertz CT molecular complexity index is 292. The molecule has 0 spiro atoms. The Hall–Kier alpha value is -0.820. The molecule has 0 aliphatic heterocycles. The van der Waals surface area contributed by atoms with Gasteiger partial charge in [-0.05, 0) is 6.42 Å². The summed E-state index contributed by atoms with van der Waals surface area (Å²) >= 11 is 0. The van der Waals surface area contributed by atoms with Gasteiger partial charge in [0.25, 0.3) is 5.41 Å². The number of carbonyl (C=O) groups is 1. The minimum atomic E-state index is -5.99.